The van der Waals surface area contributed by atoms with Crippen LogP contribution in [0, 0.1) is 5.92 Å². The largest absolute Gasteiger partial charge is 0.461 e. The molecule has 0 amide bonds. The fraction of sp³-hybridized carbons (Fsp3) is 0.545. The standard InChI is InChI=1S/C11H16N2O2/c14-10(11-2-1-5-15-11)8-13-7-9-3-4-12-6-9/h1-2,5,9,12-13H,3-4,6-8H2. The van der Waals surface area contributed by atoms with E-state index in [-0.39, 0.29) is 5.78 Å². The molecule has 1 aromatic heterocycles. The van der Waals surface area contributed by atoms with Gasteiger partial charge in [-0.2, -0.15) is 0 Å². The monoisotopic (exact) mass is 208 g/mol. The van der Waals surface area contributed by atoms with Crippen LogP contribution in [0.2, 0.25) is 0 Å². The summed E-state index contributed by atoms with van der Waals surface area (Å²) in [6, 6.07) is 3.43. The molecule has 4 nitrogen and oxygen atoms in total. The van der Waals surface area contributed by atoms with Crippen LogP contribution >= 0.6 is 0 Å². The van der Waals surface area contributed by atoms with Gasteiger partial charge < -0.3 is 15.1 Å². The summed E-state index contributed by atoms with van der Waals surface area (Å²) in [6.07, 6.45) is 2.72. The summed E-state index contributed by atoms with van der Waals surface area (Å²) in [5.74, 6) is 1.12. The van der Waals surface area contributed by atoms with Crippen molar-refractivity contribution in [2.24, 2.45) is 5.92 Å². The lowest BCUT2D eigenvalue weighted by molar-refractivity contribution is 0.0963. The second kappa shape index (κ2) is 5.09. The van der Waals surface area contributed by atoms with Gasteiger partial charge in [-0.3, -0.25) is 4.79 Å². The molecule has 1 aliphatic heterocycles. The van der Waals surface area contributed by atoms with Crippen molar-refractivity contribution < 1.29 is 9.21 Å². The van der Waals surface area contributed by atoms with E-state index in [0.717, 1.165) is 19.6 Å². The number of nitrogens with one attached hydrogen (secondary N) is 2. The van der Waals surface area contributed by atoms with Gasteiger partial charge in [-0.25, -0.2) is 0 Å². The van der Waals surface area contributed by atoms with Crippen LogP contribution in [-0.4, -0.2) is 32.0 Å². The van der Waals surface area contributed by atoms with Crippen molar-refractivity contribution in [1.29, 1.82) is 0 Å². The molecule has 0 saturated carbocycles. The molecule has 2 heterocycles. The van der Waals surface area contributed by atoms with E-state index in [4.69, 9.17) is 4.42 Å². The Kier molecular flexibility index (Phi) is 3.53. The average Bonchev–Trinajstić information content (AvgIpc) is 2.90. The van der Waals surface area contributed by atoms with Crippen molar-refractivity contribution in [2.45, 2.75) is 6.42 Å². The van der Waals surface area contributed by atoms with Crippen LogP contribution in [0.15, 0.2) is 22.8 Å². The Labute approximate surface area is 89.0 Å². The van der Waals surface area contributed by atoms with Gasteiger partial charge in [0.2, 0.25) is 5.78 Å². The molecule has 0 radical (unpaired) electrons. The van der Waals surface area contributed by atoms with Crippen LogP contribution in [0.25, 0.3) is 0 Å². The highest BCUT2D eigenvalue weighted by Gasteiger charge is 2.14. The normalized spacial score (nSPS) is 20.7. The molecule has 15 heavy (non-hydrogen) atoms. The van der Waals surface area contributed by atoms with Crippen molar-refractivity contribution >= 4 is 5.78 Å². The molecular weight excluding hydrogens is 192 g/mol. The fourth-order valence-electron chi connectivity index (χ4n) is 1.80. The lowest BCUT2D eigenvalue weighted by atomic mass is 10.1. The van der Waals surface area contributed by atoms with Crippen LogP contribution in [0.5, 0.6) is 0 Å². The Morgan fingerprint density at radius 2 is 2.60 bits per heavy atom. The van der Waals surface area contributed by atoms with Gasteiger partial charge in [0.15, 0.2) is 5.76 Å². The first-order valence-corrected chi connectivity index (χ1v) is 5.34. The zero-order valence-electron chi connectivity index (χ0n) is 8.66. The molecule has 0 aromatic carbocycles. The number of furan rings is 1. The number of carbonyl (C=O) groups is 1. The van der Waals surface area contributed by atoms with Gasteiger partial charge in [0.05, 0.1) is 12.8 Å². The number of rotatable bonds is 5. The number of carbonyl (C=O) groups excluding carboxylic acids is 1. The van der Waals surface area contributed by atoms with E-state index in [1.807, 2.05) is 0 Å². The Morgan fingerprint density at radius 3 is 3.27 bits per heavy atom. The maximum atomic E-state index is 11.5. The molecule has 1 aliphatic rings. The third-order valence-corrected chi connectivity index (χ3v) is 2.68. The van der Waals surface area contributed by atoms with Crippen LogP contribution in [0.1, 0.15) is 17.0 Å². The first kappa shape index (κ1) is 10.4. The Hall–Kier alpha value is -1.13. The quantitative estimate of drug-likeness (QED) is 0.698. The van der Waals surface area contributed by atoms with Crippen LogP contribution in [-0.2, 0) is 0 Å². The molecule has 0 spiro atoms. The van der Waals surface area contributed by atoms with E-state index < -0.39 is 0 Å². The smallest absolute Gasteiger partial charge is 0.211 e. The van der Waals surface area contributed by atoms with Gasteiger partial charge in [-0.1, -0.05) is 0 Å². The van der Waals surface area contributed by atoms with Gasteiger partial charge >= 0.3 is 0 Å². The maximum absolute atomic E-state index is 11.5. The Morgan fingerprint density at radius 1 is 1.67 bits per heavy atom. The average molecular weight is 208 g/mol. The summed E-state index contributed by atoms with van der Waals surface area (Å²) in [6.45, 7) is 3.42. The summed E-state index contributed by atoms with van der Waals surface area (Å²) < 4.78 is 5.02. The molecule has 1 saturated heterocycles. The van der Waals surface area contributed by atoms with Crippen LogP contribution < -0.4 is 10.6 Å². The second-order valence-electron chi connectivity index (χ2n) is 3.89. The van der Waals surface area contributed by atoms with Crippen LogP contribution in [0.4, 0.5) is 0 Å². The van der Waals surface area contributed by atoms with Crippen molar-refractivity contribution in [3.63, 3.8) is 0 Å². The van der Waals surface area contributed by atoms with E-state index in [0.29, 0.717) is 18.2 Å². The third kappa shape index (κ3) is 2.91. The third-order valence-electron chi connectivity index (χ3n) is 2.68. The molecule has 4 heteroatoms. The van der Waals surface area contributed by atoms with E-state index in [9.17, 15) is 4.79 Å². The molecule has 82 valence electrons. The molecular formula is C11H16N2O2. The summed E-state index contributed by atoms with van der Waals surface area (Å²) in [5.41, 5.74) is 0. The minimum absolute atomic E-state index is 0.0194. The SMILES string of the molecule is O=C(CNCC1CCNC1)c1ccco1. The number of hydrogen-bond acceptors (Lipinski definition) is 4. The summed E-state index contributed by atoms with van der Waals surface area (Å²) in [7, 11) is 0. The molecule has 1 atom stereocenters. The number of Topliss-reactive ketones (excluding diaryl/α,β-unsaturated/α-hetero) is 1. The zero-order valence-corrected chi connectivity index (χ0v) is 8.66. The van der Waals surface area contributed by atoms with Crippen molar-refractivity contribution in [3.8, 4) is 0 Å². The van der Waals surface area contributed by atoms with E-state index >= 15 is 0 Å². The second-order valence-corrected chi connectivity index (χ2v) is 3.89. The summed E-state index contributed by atoms with van der Waals surface area (Å²) >= 11 is 0. The van der Waals surface area contributed by atoms with Crippen molar-refractivity contribution in [2.75, 3.05) is 26.2 Å². The fourth-order valence-corrected chi connectivity index (χ4v) is 1.80. The molecule has 1 fully saturated rings. The van der Waals surface area contributed by atoms with E-state index in [2.05, 4.69) is 10.6 Å². The van der Waals surface area contributed by atoms with Crippen molar-refractivity contribution in [3.05, 3.63) is 24.2 Å². The lowest BCUT2D eigenvalue weighted by Crippen LogP contribution is -2.29. The minimum Gasteiger partial charge on any atom is -0.461 e. The van der Waals surface area contributed by atoms with Gasteiger partial charge in [-0.15, -0.1) is 0 Å². The van der Waals surface area contributed by atoms with Gasteiger partial charge in [0.1, 0.15) is 0 Å². The van der Waals surface area contributed by atoms with Gasteiger partial charge in [0.25, 0.3) is 0 Å². The Bertz CT molecular complexity index is 302. The topological polar surface area (TPSA) is 54.3 Å². The molecule has 1 unspecified atom stereocenters. The molecule has 1 aromatic rings. The zero-order chi connectivity index (χ0) is 10.5. The van der Waals surface area contributed by atoms with Gasteiger partial charge in [-0.05, 0) is 44.1 Å². The lowest BCUT2D eigenvalue weighted by Gasteiger charge is -2.08. The molecule has 2 N–H and O–H groups in total. The molecule has 0 aliphatic carbocycles. The van der Waals surface area contributed by atoms with Crippen molar-refractivity contribution in [1.82, 2.24) is 10.6 Å². The van der Waals surface area contributed by atoms with Crippen LogP contribution in [0.3, 0.4) is 0 Å². The first-order chi connectivity index (χ1) is 7.36. The summed E-state index contributed by atoms with van der Waals surface area (Å²) in [4.78, 5) is 11.5. The number of ketones is 1. The maximum Gasteiger partial charge on any atom is 0.211 e. The molecule has 2 rings (SSSR count). The predicted octanol–water partition coefficient (Wildman–Crippen LogP) is 0.661. The summed E-state index contributed by atoms with van der Waals surface area (Å²) in [5, 5.41) is 6.46. The predicted molar refractivity (Wildman–Crippen MR) is 56.9 cm³/mol. The van der Waals surface area contributed by atoms with E-state index in [1.54, 1.807) is 12.1 Å². The minimum atomic E-state index is 0.0194. The molecule has 0 bridgehead atoms. The van der Waals surface area contributed by atoms with Gasteiger partial charge in [0, 0.05) is 0 Å². The Balaban J connectivity index is 1.67. The highest BCUT2D eigenvalue weighted by Crippen LogP contribution is 2.05. The first-order valence-electron chi connectivity index (χ1n) is 5.34. The highest BCUT2D eigenvalue weighted by molar-refractivity contribution is 5.94. The van der Waals surface area contributed by atoms with E-state index in [1.165, 1.54) is 12.7 Å². The number of hydrogen-bond donors (Lipinski definition) is 2. The highest BCUT2D eigenvalue weighted by atomic mass is 16.3.